The Bertz CT molecular complexity index is 984. The number of imide groups is 2. The molecule has 8 nitrogen and oxygen atoms in total. The van der Waals surface area contributed by atoms with E-state index in [-0.39, 0.29) is 18.4 Å². The van der Waals surface area contributed by atoms with E-state index in [0.717, 1.165) is 37.9 Å². The van der Waals surface area contributed by atoms with Gasteiger partial charge < -0.3 is 4.90 Å². The second kappa shape index (κ2) is 7.75. The lowest BCUT2D eigenvalue weighted by molar-refractivity contribution is -0.145. The lowest BCUT2D eigenvalue weighted by Crippen LogP contribution is -2.46. The molecule has 0 unspecified atom stereocenters. The van der Waals surface area contributed by atoms with Crippen LogP contribution in [0.3, 0.4) is 0 Å². The number of piperidine rings is 1. The maximum Gasteiger partial charge on any atom is 0.335 e. The van der Waals surface area contributed by atoms with Crippen LogP contribution in [0.1, 0.15) is 23.8 Å². The van der Waals surface area contributed by atoms with E-state index in [4.69, 9.17) is 4.98 Å². The van der Waals surface area contributed by atoms with Gasteiger partial charge in [-0.2, -0.15) is 0 Å². The predicted octanol–water partition coefficient (Wildman–Crippen LogP) is 1.98. The zero-order chi connectivity index (χ0) is 20.5. The van der Waals surface area contributed by atoms with Crippen LogP contribution in [0, 0.1) is 0 Å². The third-order valence-corrected chi connectivity index (χ3v) is 6.37. The molecule has 0 N–H and O–H groups in total. The number of para-hydroxylation sites is 1. The first kappa shape index (κ1) is 19.3. The summed E-state index contributed by atoms with van der Waals surface area (Å²) in [4.78, 5) is 57.0. The summed E-state index contributed by atoms with van der Waals surface area (Å²) in [5.74, 6) is -2.11. The molecule has 1 aromatic heterocycles. The van der Waals surface area contributed by atoms with Crippen LogP contribution < -0.4 is 0 Å². The molecule has 2 saturated heterocycles. The Labute approximate surface area is 171 Å². The minimum absolute atomic E-state index is 0.0580. The lowest BCUT2D eigenvalue weighted by atomic mass is 9.98. The average molecular weight is 412 g/mol. The van der Waals surface area contributed by atoms with Crippen LogP contribution in [0.2, 0.25) is 0 Å². The molecule has 0 saturated carbocycles. The highest BCUT2D eigenvalue weighted by Crippen LogP contribution is 2.33. The molecule has 2 aliphatic rings. The number of hydrogen-bond acceptors (Lipinski definition) is 6. The lowest BCUT2D eigenvalue weighted by Gasteiger charge is -2.32. The van der Waals surface area contributed by atoms with E-state index in [9.17, 15) is 19.2 Å². The van der Waals surface area contributed by atoms with Crippen molar-refractivity contribution in [2.24, 2.45) is 0 Å². The summed E-state index contributed by atoms with van der Waals surface area (Å²) >= 11 is 1.63. The van der Waals surface area contributed by atoms with E-state index < -0.39 is 24.4 Å². The molecular formula is C20H20N4O4S. The number of thiazole rings is 1. The summed E-state index contributed by atoms with van der Waals surface area (Å²) in [5, 5.41) is 0.990. The number of fused-ring (bicyclic) bond motifs is 1. The molecule has 3 heterocycles. The van der Waals surface area contributed by atoms with Gasteiger partial charge in [-0.15, -0.1) is 17.9 Å². The van der Waals surface area contributed by atoms with Crippen molar-refractivity contribution in [3.63, 3.8) is 0 Å². The largest absolute Gasteiger partial charge is 0.340 e. The molecule has 1 aromatic carbocycles. The van der Waals surface area contributed by atoms with Gasteiger partial charge in [0, 0.05) is 25.6 Å². The zero-order valence-corrected chi connectivity index (χ0v) is 16.6. The van der Waals surface area contributed by atoms with Gasteiger partial charge in [0.1, 0.15) is 6.54 Å². The molecule has 150 valence electrons. The Morgan fingerprint density at radius 2 is 1.97 bits per heavy atom. The van der Waals surface area contributed by atoms with Gasteiger partial charge in [-0.3, -0.25) is 19.3 Å². The van der Waals surface area contributed by atoms with Crippen LogP contribution in [0.25, 0.3) is 10.2 Å². The Morgan fingerprint density at radius 1 is 1.21 bits per heavy atom. The summed E-state index contributed by atoms with van der Waals surface area (Å²) in [5.41, 5.74) is 0.949. The van der Waals surface area contributed by atoms with Crippen LogP contribution in [0.15, 0.2) is 36.9 Å². The molecule has 29 heavy (non-hydrogen) atoms. The predicted molar refractivity (Wildman–Crippen MR) is 107 cm³/mol. The third-order valence-electron chi connectivity index (χ3n) is 5.17. The van der Waals surface area contributed by atoms with Gasteiger partial charge in [0.05, 0.1) is 15.2 Å². The maximum absolute atomic E-state index is 12.8. The van der Waals surface area contributed by atoms with E-state index in [1.54, 1.807) is 16.2 Å². The number of amides is 5. The molecule has 2 fully saturated rings. The van der Waals surface area contributed by atoms with Crippen LogP contribution in [0.4, 0.5) is 4.79 Å². The molecular weight excluding hydrogens is 392 g/mol. The van der Waals surface area contributed by atoms with Crippen molar-refractivity contribution >= 4 is 45.3 Å². The van der Waals surface area contributed by atoms with Crippen molar-refractivity contribution in [1.29, 1.82) is 0 Å². The summed E-state index contributed by atoms with van der Waals surface area (Å²) in [6.07, 6.45) is 3.11. The number of carbonyl (C=O) groups is 4. The van der Waals surface area contributed by atoms with E-state index in [0.29, 0.717) is 13.1 Å². The molecule has 1 atom stereocenters. The van der Waals surface area contributed by atoms with Gasteiger partial charge in [0.2, 0.25) is 5.91 Å². The highest BCUT2D eigenvalue weighted by atomic mass is 32.1. The highest BCUT2D eigenvalue weighted by molar-refractivity contribution is 7.18. The normalized spacial score (nSPS) is 20.1. The highest BCUT2D eigenvalue weighted by Gasteiger charge is 2.45. The Balaban J connectivity index is 1.45. The van der Waals surface area contributed by atoms with Crippen molar-refractivity contribution in [3.05, 3.63) is 41.9 Å². The maximum atomic E-state index is 12.8. The van der Waals surface area contributed by atoms with Gasteiger partial charge in [-0.1, -0.05) is 18.2 Å². The van der Waals surface area contributed by atoms with Gasteiger partial charge in [0.25, 0.3) is 0 Å². The van der Waals surface area contributed by atoms with E-state index in [2.05, 4.69) is 6.58 Å². The van der Waals surface area contributed by atoms with E-state index in [1.807, 2.05) is 24.3 Å². The standard InChI is InChI=1S/C20H20N4O4S/c1-2-9-23-18(26)19(27)24(20(23)28)12-16(25)22-10-5-6-13(11-22)17-21-14-7-3-4-8-15(14)29-17/h2-4,7-8,13H,1,5-6,9-12H2/t13-/m1/s1. The number of benzene rings is 1. The molecule has 0 bridgehead atoms. The number of urea groups is 1. The van der Waals surface area contributed by atoms with Gasteiger partial charge in [-0.05, 0) is 25.0 Å². The van der Waals surface area contributed by atoms with Crippen LogP contribution in [0.5, 0.6) is 0 Å². The van der Waals surface area contributed by atoms with Gasteiger partial charge in [-0.25, -0.2) is 14.7 Å². The van der Waals surface area contributed by atoms with Crippen molar-refractivity contribution in [3.8, 4) is 0 Å². The van der Waals surface area contributed by atoms with Crippen molar-refractivity contribution in [2.75, 3.05) is 26.2 Å². The number of likely N-dealkylation sites (tertiary alicyclic amines) is 1. The molecule has 2 aromatic rings. The summed E-state index contributed by atoms with van der Waals surface area (Å²) in [6, 6.07) is 7.15. The molecule has 2 aliphatic heterocycles. The zero-order valence-electron chi connectivity index (χ0n) is 15.7. The molecule has 0 aliphatic carbocycles. The summed E-state index contributed by atoms with van der Waals surface area (Å²) in [6.45, 7) is 4.03. The van der Waals surface area contributed by atoms with Crippen LogP contribution in [-0.2, 0) is 14.4 Å². The van der Waals surface area contributed by atoms with Gasteiger partial charge >= 0.3 is 17.8 Å². The topological polar surface area (TPSA) is 90.9 Å². The fourth-order valence-electron chi connectivity index (χ4n) is 3.69. The van der Waals surface area contributed by atoms with E-state index >= 15 is 0 Å². The first-order valence-electron chi connectivity index (χ1n) is 9.41. The second-order valence-corrected chi connectivity index (χ2v) is 8.14. The molecule has 0 spiro atoms. The fourth-order valence-corrected chi connectivity index (χ4v) is 4.78. The van der Waals surface area contributed by atoms with Crippen LogP contribution in [-0.4, -0.2) is 69.6 Å². The Kier molecular flexibility index (Phi) is 5.14. The number of carbonyl (C=O) groups excluding carboxylic acids is 4. The van der Waals surface area contributed by atoms with Crippen molar-refractivity contribution in [2.45, 2.75) is 18.8 Å². The number of rotatable bonds is 5. The first-order valence-corrected chi connectivity index (χ1v) is 10.2. The van der Waals surface area contributed by atoms with Crippen molar-refractivity contribution in [1.82, 2.24) is 19.7 Å². The number of hydrogen-bond donors (Lipinski definition) is 0. The average Bonchev–Trinajstić information content (AvgIpc) is 3.25. The monoisotopic (exact) mass is 412 g/mol. The summed E-state index contributed by atoms with van der Waals surface area (Å²) < 4.78 is 1.11. The summed E-state index contributed by atoms with van der Waals surface area (Å²) in [7, 11) is 0. The second-order valence-electron chi connectivity index (χ2n) is 7.08. The van der Waals surface area contributed by atoms with Gasteiger partial charge in [0.15, 0.2) is 0 Å². The smallest absolute Gasteiger partial charge is 0.335 e. The van der Waals surface area contributed by atoms with Crippen LogP contribution >= 0.6 is 11.3 Å². The molecule has 5 amide bonds. The minimum Gasteiger partial charge on any atom is -0.340 e. The minimum atomic E-state index is -0.968. The molecule has 9 heteroatoms. The molecule has 4 rings (SSSR count). The number of nitrogens with zero attached hydrogens (tertiary/aromatic N) is 4. The van der Waals surface area contributed by atoms with Crippen molar-refractivity contribution < 1.29 is 19.2 Å². The third kappa shape index (κ3) is 3.53. The Hall–Kier alpha value is -3.07. The first-order chi connectivity index (χ1) is 14.0. The quantitative estimate of drug-likeness (QED) is 0.425. The molecule has 0 radical (unpaired) electrons. The number of aromatic nitrogens is 1. The van der Waals surface area contributed by atoms with E-state index in [1.165, 1.54) is 6.08 Å². The fraction of sp³-hybridized carbons (Fsp3) is 0.350. The SMILES string of the molecule is C=CCN1C(=O)C(=O)N(CC(=O)N2CCC[C@@H](c3nc4ccccc4s3)C2)C1=O. The Morgan fingerprint density at radius 3 is 2.72 bits per heavy atom.